The van der Waals surface area contributed by atoms with Crippen molar-refractivity contribution >= 4 is 33.3 Å². The molecule has 9 nitrogen and oxygen atoms in total. The predicted octanol–water partition coefficient (Wildman–Crippen LogP) is 4.52. The van der Waals surface area contributed by atoms with Crippen molar-refractivity contribution in [1.29, 1.82) is 0 Å². The fraction of sp³-hybridized carbons (Fsp3) is 0.393. The van der Waals surface area contributed by atoms with Crippen molar-refractivity contribution < 1.29 is 27.5 Å². The number of ether oxygens (including phenoxy) is 2. The molecule has 1 N–H and O–H groups in total. The van der Waals surface area contributed by atoms with Gasteiger partial charge in [-0.2, -0.15) is 8.42 Å². The van der Waals surface area contributed by atoms with Gasteiger partial charge in [0.05, 0.1) is 0 Å². The number of hydrogen-bond donors (Lipinski definition) is 1. The van der Waals surface area contributed by atoms with Crippen LogP contribution in [0, 0.1) is 0 Å². The maximum Gasteiger partial charge on any atom is 0.277 e. The van der Waals surface area contributed by atoms with Gasteiger partial charge < -0.3 is 9.47 Å². The first-order valence-corrected chi connectivity index (χ1v) is 15.5. The van der Waals surface area contributed by atoms with Gasteiger partial charge in [-0.15, -0.1) is 11.3 Å². The molecule has 2 aliphatic heterocycles. The summed E-state index contributed by atoms with van der Waals surface area (Å²) in [6, 6.07) is 12.8. The van der Waals surface area contributed by atoms with Gasteiger partial charge in [0.15, 0.2) is 6.29 Å². The second kappa shape index (κ2) is 12.9. The summed E-state index contributed by atoms with van der Waals surface area (Å²) in [6.07, 6.45) is 10.6. The largest absolute Gasteiger partial charge is 0.492 e. The van der Waals surface area contributed by atoms with E-state index in [4.69, 9.17) is 14.3 Å². The monoisotopic (exact) mass is 571 g/mol. The number of benzene rings is 1. The van der Waals surface area contributed by atoms with Crippen molar-refractivity contribution in [3.8, 4) is 16.2 Å². The van der Waals surface area contributed by atoms with E-state index in [1.807, 2.05) is 30.3 Å². The average molecular weight is 572 g/mol. The number of carbonyl (C=O) groups excluding carboxylic acids is 1. The fourth-order valence-corrected chi connectivity index (χ4v) is 7.13. The standard InChI is InChI=1S/C28H33N3O6S2/c32-26(29-37-27-5-1-4-19-36-27)12-6-22-14-17-31(21-22)39(33,34)28-13-11-25(38-28)23-7-9-24(10-8-23)35-20-18-30-15-2-3-16-30/h6-14,17,21,27H,1-5,15-16,18-20H2,(H,29,32)/b12-6+. The van der Waals surface area contributed by atoms with Gasteiger partial charge in [0.25, 0.3) is 15.9 Å². The first-order valence-electron chi connectivity index (χ1n) is 13.2. The summed E-state index contributed by atoms with van der Waals surface area (Å²) in [6.45, 7) is 4.50. The molecule has 2 fully saturated rings. The van der Waals surface area contributed by atoms with Crippen LogP contribution >= 0.6 is 11.3 Å². The first-order chi connectivity index (χ1) is 19.0. The molecule has 4 heterocycles. The van der Waals surface area contributed by atoms with Gasteiger partial charge in [0.2, 0.25) is 0 Å². The molecular formula is C28H33N3O6S2. The molecule has 1 unspecified atom stereocenters. The number of nitrogens with one attached hydrogen (secondary N) is 1. The zero-order valence-corrected chi connectivity index (χ0v) is 23.3. The Morgan fingerprint density at radius 3 is 2.67 bits per heavy atom. The van der Waals surface area contributed by atoms with E-state index in [0.29, 0.717) is 18.8 Å². The summed E-state index contributed by atoms with van der Waals surface area (Å²) < 4.78 is 39.1. The third kappa shape index (κ3) is 7.37. The molecule has 2 aromatic heterocycles. The lowest BCUT2D eigenvalue weighted by Crippen LogP contribution is -2.32. The van der Waals surface area contributed by atoms with Crippen LogP contribution in [0.3, 0.4) is 0 Å². The Hall–Kier alpha value is -2.96. The highest BCUT2D eigenvalue weighted by atomic mass is 32.2. The van der Waals surface area contributed by atoms with Crippen LogP contribution in [0.4, 0.5) is 0 Å². The molecule has 3 aromatic rings. The predicted molar refractivity (Wildman–Crippen MR) is 150 cm³/mol. The highest BCUT2D eigenvalue weighted by Gasteiger charge is 2.20. The zero-order valence-electron chi connectivity index (χ0n) is 21.7. The van der Waals surface area contributed by atoms with E-state index in [-0.39, 0.29) is 4.21 Å². The van der Waals surface area contributed by atoms with Crippen molar-refractivity contribution in [3.63, 3.8) is 0 Å². The molecule has 39 heavy (non-hydrogen) atoms. The summed E-state index contributed by atoms with van der Waals surface area (Å²) in [5, 5.41) is 0. The lowest BCUT2D eigenvalue weighted by atomic mass is 10.2. The number of hydroxylamine groups is 1. The van der Waals surface area contributed by atoms with Crippen molar-refractivity contribution in [3.05, 3.63) is 66.5 Å². The zero-order chi connectivity index (χ0) is 27.1. The number of aromatic nitrogens is 1. The van der Waals surface area contributed by atoms with Crippen LogP contribution in [-0.4, -0.2) is 62.3 Å². The van der Waals surface area contributed by atoms with Crippen LogP contribution in [0.2, 0.25) is 0 Å². The number of likely N-dealkylation sites (tertiary alicyclic amines) is 1. The summed E-state index contributed by atoms with van der Waals surface area (Å²) in [4.78, 5) is 20.5. The van der Waals surface area contributed by atoms with Crippen molar-refractivity contribution in [2.45, 2.75) is 42.6 Å². The maximum absolute atomic E-state index is 13.2. The van der Waals surface area contributed by atoms with E-state index >= 15 is 0 Å². The van der Waals surface area contributed by atoms with E-state index in [1.165, 1.54) is 48.7 Å². The highest BCUT2D eigenvalue weighted by molar-refractivity contribution is 7.92. The lowest BCUT2D eigenvalue weighted by Gasteiger charge is -2.21. The second-order valence-electron chi connectivity index (χ2n) is 9.53. The van der Waals surface area contributed by atoms with Crippen LogP contribution in [-0.2, 0) is 24.4 Å². The smallest absolute Gasteiger partial charge is 0.277 e. The van der Waals surface area contributed by atoms with Gasteiger partial charge in [-0.25, -0.2) is 14.3 Å². The van der Waals surface area contributed by atoms with Gasteiger partial charge >= 0.3 is 0 Å². The summed E-state index contributed by atoms with van der Waals surface area (Å²) in [5.41, 5.74) is 3.84. The average Bonchev–Trinajstić information content (AvgIpc) is 3.74. The molecule has 1 amide bonds. The minimum absolute atomic E-state index is 0.230. The molecule has 2 aliphatic rings. The third-order valence-electron chi connectivity index (χ3n) is 6.67. The summed E-state index contributed by atoms with van der Waals surface area (Å²) >= 11 is 1.21. The molecule has 208 valence electrons. The molecular weight excluding hydrogens is 538 g/mol. The molecule has 0 aliphatic carbocycles. The van der Waals surface area contributed by atoms with E-state index in [9.17, 15) is 13.2 Å². The van der Waals surface area contributed by atoms with Crippen LogP contribution in [0.5, 0.6) is 5.75 Å². The molecule has 1 atom stereocenters. The Morgan fingerprint density at radius 2 is 1.90 bits per heavy atom. The molecule has 0 bridgehead atoms. The quantitative estimate of drug-likeness (QED) is 0.267. The molecule has 2 saturated heterocycles. The minimum Gasteiger partial charge on any atom is -0.492 e. The van der Waals surface area contributed by atoms with Crippen LogP contribution in [0.15, 0.2) is 65.1 Å². The summed E-state index contributed by atoms with van der Waals surface area (Å²) in [7, 11) is -3.77. The van der Waals surface area contributed by atoms with Crippen LogP contribution < -0.4 is 10.2 Å². The number of thiophene rings is 1. The number of amides is 1. The fourth-order valence-electron chi connectivity index (χ4n) is 4.51. The lowest BCUT2D eigenvalue weighted by molar-refractivity contribution is -0.198. The van der Waals surface area contributed by atoms with E-state index < -0.39 is 22.2 Å². The van der Waals surface area contributed by atoms with E-state index in [1.54, 1.807) is 12.1 Å². The topological polar surface area (TPSA) is 99.1 Å². The molecule has 0 spiro atoms. The second-order valence-corrected chi connectivity index (χ2v) is 12.7. The maximum atomic E-state index is 13.2. The van der Waals surface area contributed by atoms with Gasteiger partial charge in [-0.1, -0.05) is 0 Å². The Kier molecular flexibility index (Phi) is 9.15. The Balaban J connectivity index is 1.15. The Bertz CT molecular complexity index is 1370. The van der Waals surface area contributed by atoms with Crippen LogP contribution in [0.25, 0.3) is 16.5 Å². The third-order valence-corrected chi connectivity index (χ3v) is 9.91. The van der Waals surface area contributed by atoms with Crippen molar-refractivity contribution in [2.75, 3.05) is 32.8 Å². The van der Waals surface area contributed by atoms with Gasteiger partial charge in [-0.3, -0.25) is 9.69 Å². The highest BCUT2D eigenvalue weighted by Crippen LogP contribution is 2.33. The van der Waals surface area contributed by atoms with Gasteiger partial charge in [-0.05, 0) is 98.4 Å². The number of carbonyl (C=O) groups is 1. The SMILES string of the molecule is O=C(/C=C/c1ccn(S(=O)(=O)c2ccc(-c3ccc(OCCN4CCCC4)cc3)s2)c1)NOC1CCCCO1. The molecule has 5 rings (SSSR count). The normalized spacial score (nSPS) is 18.5. The van der Waals surface area contributed by atoms with Gasteiger partial charge in [0, 0.05) is 42.9 Å². The molecule has 11 heteroatoms. The number of hydrogen-bond acceptors (Lipinski definition) is 8. The van der Waals surface area contributed by atoms with E-state index in [0.717, 1.165) is 59.1 Å². The van der Waals surface area contributed by atoms with Crippen molar-refractivity contribution in [2.24, 2.45) is 0 Å². The number of nitrogens with zero attached hydrogens (tertiary/aromatic N) is 2. The van der Waals surface area contributed by atoms with Crippen LogP contribution in [0.1, 0.15) is 37.7 Å². The Morgan fingerprint density at radius 1 is 1.08 bits per heavy atom. The first kappa shape index (κ1) is 27.6. The molecule has 0 saturated carbocycles. The minimum atomic E-state index is -3.77. The van der Waals surface area contributed by atoms with Crippen molar-refractivity contribution in [1.82, 2.24) is 14.4 Å². The molecule has 0 radical (unpaired) electrons. The summed E-state index contributed by atoms with van der Waals surface area (Å²) in [5.74, 6) is 0.350. The molecule has 1 aromatic carbocycles. The van der Waals surface area contributed by atoms with Gasteiger partial charge in [0.1, 0.15) is 16.6 Å². The van der Waals surface area contributed by atoms with E-state index in [2.05, 4.69) is 10.4 Å². The number of rotatable bonds is 11. The Labute approximate surface area is 233 Å².